The summed E-state index contributed by atoms with van der Waals surface area (Å²) >= 11 is 0. The van der Waals surface area contributed by atoms with Crippen molar-refractivity contribution in [3.05, 3.63) is 47.0 Å². The molecule has 2 rings (SSSR count). The first-order valence-electron chi connectivity index (χ1n) is 5.38. The molecule has 0 atom stereocenters. The van der Waals surface area contributed by atoms with Gasteiger partial charge in [-0.2, -0.15) is 0 Å². The summed E-state index contributed by atoms with van der Waals surface area (Å²) in [4.78, 5) is 16.1. The van der Waals surface area contributed by atoms with Gasteiger partial charge in [-0.25, -0.2) is 4.98 Å². The van der Waals surface area contributed by atoms with Crippen LogP contribution in [0.3, 0.4) is 0 Å². The average Bonchev–Trinajstić information content (AvgIpc) is 2.61. The molecule has 2 aromatic rings. The lowest BCUT2D eigenvalue weighted by Crippen LogP contribution is -2.14. The molecule has 0 saturated carbocycles. The molecule has 0 spiro atoms. The number of rotatable bonds is 2. The second kappa shape index (κ2) is 4.41. The molecule has 0 bridgehead atoms. The normalized spacial score (nSPS) is 10.3. The largest absolute Gasteiger partial charge is 0.466 e. The van der Waals surface area contributed by atoms with Crippen LogP contribution in [0.2, 0.25) is 0 Å². The zero-order chi connectivity index (χ0) is 12.4. The van der Waals surface area contributed by atoms with E-state index in [0.29, 0.717) is 17.1 Å². The topological polar surface area (TPSA) is 55.1 Å². The maximum absolute atomic E-state index is 12.0. The van der Waals surface area contributed by atoms with E-state index in [9.17, 15) is 4.79 Å². The van der Waals surface area contributed by atoms with Crippen molar-refractivity contribution in [3.63, 3.8) is 0 Å². The average molecular weight is 230 g/mol. The van der Waals surface area contributed by atoms with E-state index in [-0.39, 0.29) is 5.91 Å². The highest BCUT2D eigenvalue weighted by Gasteiger charge is 2.14. The Morgan fingerprint density at radius 1 is 1.35 bits per heavy atom. The first-order valence-corrected chi connectivity index (χ1v) is 5.38. The molecule has 0 fully saturated rings. The minimum atomic E-state index is -0.193. The molecule has 0 radical (unpaired) electrons. The number of hydrogen-bond donors (Lipinski definition) is 1. The molecule has 4 heteroatoms. The van der Waals surface area contributed by atoms with Crippen molar-refractivity contribution in [3.8, 4) is 0 Å². The smallest absolute Gasteiger partial charge is 0.260 e. The first kappa shape index (κ1) is 11.4. The number of anilines is 1. The van der Waals surface area contributed by atoms with Crippen molar-refractivity contribution in [2.45, 2.75) is 20.8 Å². The Bertz CT molecular complexity index is 558. The molecular weight excluding hydrogens is 216 g/mol. The second-order valence-electron chi connectivity index (χ2n) is 3.95. The Morgan fingerprint density at radius 3 is 2.71 bits per heavy atom. The molecule has 2 aromatic heterocycles. The summed E-state index contributed by atoms with van der Waals surface area (Å²) in [6, 6.07) is 5.46. The number of amides is 1. The van der Waals surface area contributed by atoms with E-state index in [4.69, 9.17) is 4.42 Å². The van der Waals surface area contributed by atoms with E-state index in [2.05, 4.69) is 10.3 Å². The van der Waals surface area contributed by atoms with Gasteiger partial charge < -0.3 is 9.73 Å². The number of nitrogens with one attached hydrogen (secondary N) is 1. The van der Waals surface area contributed by atoms with Gasteiger partial charge in [0.25, 0.3) is 5.91 Å². The van der Waals surface area contributed by atoms with Gasteiger partial charge in [0, 0.05) is 6.20 Å². The van der Waals surface area contributed by atoms with Crippen LogP contribution in [0.5, 0.6) is 0 Å². The van der Waals surface area contributed by atoms with Gasteiger partial charge >= 0.3 is 0 Å². The highest BCUT2D eigenvalue weighted by atomic mass is 16.3. The van der Waals surface area contributed by atoms with Crippen molar-refractivity contribution in [1.29, 1.82) is 0 Å². The van der Waals surface area contributed by atoms with E-state index in [1.165, 1.54) is 0 Å². The van der Waals surface area contributed by atoms with E-state index >= 15 is 0 Å². The van der Waals surface area contributed by atoms with Gasteiger partial charge in [0.15, 0.2) is 0 Å². The van der Waals surface area contributed by atoms with Crippen molar-refractivity contribution < 1.29 is 9.21 Å². The molecule has 0 unspecified atom stereocenters. The fraction of sp³-hybridized carbons (Fsp3) is 0.231. The third kappa shape index (κ3) is 2.36. The lowest BCUT2D eigenvalue weighted by atomic mass is 10.2. The third-order valence-corrected chi connectivity index (χ3v) is 2.53. The number of pyridine rings is 1. The molecule has 0 aliphatic rings. The summed E-state index contributed by atoms with van der Waals surface area (Å²) in [7, 11) is 0. The van der Waals surface area contributed by atoms with Gasteiger partial charge in [-0.05, 0) is 38.5 Å². The van der Waals surface area contributed by atoms with Gasteiger partial charge in [0.05, 0.1) is 5.56 Å². The molecule has 4 nitrogen and oxygen atoms in total. The zero-order valence-electron chi connectivity index (χ0n) is 10.1. The fourth-order valence-corrected chi connectivity index (χ4v) is 1.65. The Kier molecular flexibility index (Phi) is 2.95. The first-order chi connectivity index (χ1) is 8.08. The van der Waals surface area contributed by atoms with Crippen LogP contribution in [0.15, 0.2) is 28.8 Å². The van der Waals surface area contributed by atoms with Gasteiger partial charge in [0.2, 0.25) is 0 Å². The highest BCUT2D eigenvalue weighted by molar-refractivity contribution is 6.04. The fourth-order valence-electron chi connectivity index (χ4n) is 1.65. The van der Waals surface area contributed by atoms with Crippen molar-refractivity contribution in [2.75, 3.05) is 5.32 Å². The lowest BCUT2D eigenvalue weighted by molar-refractivity contribution is 0.102. The van der Waals surface area contributed by atoms with Gasteiger partial charge in [-0.3, -0.25) is 4.79 Å². The van der Waals surface area contributed by atoms with E-state index in [1.807, 2.05) is 26.0 Å². The minimum absolute atomic E-state index is 0.193. The van der Waals surface area contributed by atoms with Gasteiger partial charge in [-0.1, -0.05) is 6.07 Å². The van der Waals surface area contributed by atoms with Crippen molar-refractivity contribution >= 4 is 11.7 Å². The predicted octanol–water partition coefficient (Wildman–Crippen LogP) is 2.85. The molecule has 1 amide bonds. The molecular formula is C13H14N2O2. The molecule has 0 aliphatic heterocycles. The quantitative estimate of drug-likeness (QED) is 0.863. The Hall–Kier alpha value is -2.10. The monoisotopic (exact) mass is 230 g/mol. The molecule has 0 aromatic carbocycles. The second-order valence-corrected chi connectivity index (χ2v) is 3.95. The maximum Gasteiger partial charge on any atom is 0.260 e. The van der Waals surface area contributed by atoms with Gasteiger partial charge in [0.1, 0.15) is 17.3 Å². The van der Waals surface area contributed by atoms with Crippen molar-refractivity contribution in [1.82, 2.24) is 4.98 Å². The maximum atomic E-state index is 12.0. The number of carbonyl (C=O) groups is 1. The summed E-state index contributed by atoms with van der Waals surface area (Å²) in [6.07, 6.45) is 1.65. The predicted molar refractivity (Wildman–Crippen MR) is 65.1 cm³/mol. The van der Waals surface area contributed by atoms with Crippen LogP contribution in [0.4, 0.5) is 5.82 Å². The van der Waals surface area contributed by atoms with Crippen LogP contribution in [-0.2, 0) is 0 Å². The summed E-state index contributed by atoms with van der Waals surface area (Å²) < 4.78 is 5.32. The SMILES string of the molecule is Cc1cc(C(=O)Nc2ncccc2C)c(C)o1. The minimum Gasteiger partial charge on any atom is -0.466 e. The zero-order valence-corrected chi connectivity index (χ0v) is 10.1. The van der Waals surface area contributed by atoms with E-state index in [1.54, 1.807) is 19.2 Å². The van der Waals surface area contributed by atoms with Crippen LogP contribution in [0.1, 0.15) is 27.4 Å². The Balaban J connectivity index is 2.23. The summed E-state index contributed by atoms with van der Waals surface area (Å²) in [5, 5.41) is 2.77. The molecule has 88 valence electrons. The van der Waals surface area contributed by atoms with Crippen molar-refractivity contribution in [2.24, 2.45) is 0 Å². The third-order valence-electron chi connectivity index (χ3n) is 2.53. The standard InChI is InChI=1S/C13H14N2O2/c1-8-5-4-6-14-12(8)15-13(16)11-7-9(2)17-10(11)3/h4-7H,1-3H3,(H,14,15,16). The lowest BCUT2D eigenvalue weighted by Gasteiger charge is -2.05. The summed E-state index contributed by atoms with van der Waals surface area (Å²) in [5.41, 5.74) is 1.48. The molecule has 0 aliphatic carbocycles. The molecule has 2 heterocycles. The number of furan rings is 1. The van der Waals surface area contributed by atoms with Crippen LogP contribution < -0.4 is 5.32 Å². The number of carbonyl (C=O) groups excluding carboxylic acids is 1. The Labute approximate surface area is 99.7 Å². The van der Waals surface area contributed by atoms with Gasteiger partial charge in [-0.15, -0.1) is 0 Å². The molecule has 1 N–H and O–H groups in total. The number of aryl methyl sites for hydroxylation is 3. The highest BCUT2D eigenvalue weighted by Crippen LogP contribution is 2.16. The van der Waals surface area contributed by atoms with Crippen LogP contribution in [0, 0.1) is 20.8 Å². The van der Waals surface area contributed by atoms with Crippen LogP contribution >= 0.6 is 0 Å². The number of hydrogen-bond acceptors (Lipinski definition) is 3. The van der Waals surface area contributed by atoms with Crippen LogP contribution in [-0.4, -0.2) is 10.9 Å². The number of nitrogens with zero attached hydrogens (tertiary/aromatic N) is 1. The summed E-state index contributed by atoms with van der Waals surface area (Å²) in [6.45, 7) is 5.49. The number of aromatic nitrogens is 1. The summed E-state index contributed by atoms with van der Waals surface area (Å²) in [5.74, 6) is 1.73. The Morgan fingerprint density at radius 2 is 2.12 bits per heavy atom. The molecule has 0 saturated heterocycles. The van der Waals surface area contributed by atoms with Crippen LogP contribution in [0.25, 0.3) is 0 Å². The molecule has 17 heavy (non-hydrogen) atoms. The van der Waals surface area contributed by atoms with E-state index in [0.717, 1.165) is 11.3 Å². The van der Waals surface area contributed by atoms with E-state index < -0.39 is 0 Å².